The Morgan fingerprint density at radius 3 is 1.92 bits per heavy atom. The molecule has 2 atom stereocenters. The first kappa shape index (κ1) is 20.2. The van der Waals surface area contributed by atoms with E-state index in [0.29, 0.717) is 12.2 Å². The van der Waals surface area contributed by atoms with Gasteiger partial charge in [-0.2, -0.15) is 0 Å². The van der Waals surface area contributed by atoms with Crippen LogP contribution < -0.4 is 0 Å². The van der Waals surface area contributed by atoms with Gasteiger partial charge in [0, 0.05) is 16.1 Å². The number of rotatable bonds is 7. The molecule has 0 aromatic carbocycles. The first-order valence-electron chi connectivity index (χ1n) is 11.1. The van der Waals surface area contributed by atoms with Gasteiger partial charge in [0.25, 0.3) is 0 Å². The van der Waals surface area contributed by atoms with Crippen LogP contribution in [0.5, 0.6) is 0 Å². The lowest BCUT2D eigenvalue weighted by atomic mass is 9.77. The molecular formula is C21H39ClO2Si. The average Bonchev–Trinajstić information content (AvgIpc) is 2.64. The molecule has 3 saturated carbocycles. The summed E-state index contributed by atoms with van der Waals surface area (Å²) in [6.45, 7) is 0. The van der Waals surface area contributed by atoms with Gasteiger partial charge in [0.15, 0.2) is 0 Å². The fourth-order valence-corrected chi connectivity index (χ4v) is 7.01. The molecule has 0 saturated heterocycles. The molecule has 2 unspecified atom stereocenters. The van der Waals surface area contributed by atoms with Gasteiger partial charge in [0.2, 0.25) is 0 Å². The van der Waals surface area contributed by atoms with Crippen LogP contribution in [0, 0.1) is 0 Å². The van der Waals surface area contributed by atoms with Crippen molar-refractivity contribution in [2.75, 3.05) is 5.88 Å². The molecule has 3 fully saturated rings. The predicted molar refractivity (Wildman–Crippen MR) is 110 cm³/mol. The van der Waals surface area contributed by atoms with Gasteiger partial charge in [-0.1, -0.05) is 51.4 Å². The smallest absolute Gasteiger partial charge is 0.0934 e. The second-order valence-electron chi connectivity index (χ2n) is 8.98. The van der Waals surface area contributed by atoms with E-state index in [1.165, 1.54) is 89.9 Å². The Bertz CT molecular complexity index is 395. The van der Waals surface area contributed by atoms with Crippen LogP contribution in [0.2, 0.25) is 0 Å². The SMILES string of the molecule is [SiH3]C1(OC2CCCCC2)CCCCC1(CCCCl)OC1CCCCC1. The van der Waals surface area contributed by atoms with E-state index in [2.05, 4.69) is 0 Å². The zero-order valence-electron chi connectivity index (χ0n) is 16.4. The summed E-state index contributed by atoms with van der Waals surface area (Å²) in [6, 6.07) is 0. The van der Waals surface area contributed by atoms with E-state index in [1.807, 2.05) is 0 Å². The van der Waals surface area contributed by atoms with E-state index in [9.17, 15) is 0 Å². The number of hydrogen-bond donors (Lipinski definition) is 0. The van der Waals surface area contributed by atoms with Crippen LogP contribution in [-0.4, -0.2) is 39.2 Å². The topological polar surface area (TPSA) is 18.5 Å². The molecule has 3 rings (SSSR count). The van der Waals surface area contributed by atoms with Crippen molar-refractivity contribution < 1.29 is 9.47 Å². The zero-order valence-corrected chi connectivity index (χ0v) is 19.1. The summed E-state index contributed by atoms with van der Waals surface area (Å²) >= 11 is 6.13. The lowest BCUT2D eigenvalue weighted by Gasteiger charge is -2.54. The maximum Gasteiger partial charge on any atom is 0.0934 e. The molecule has 3 aliphatic carbocycles. The maximum atomic E-state index is 7.03. The summed E-state index contributed by atoms with van der Waals surface area (Å²) in [7, 11) is 1.08. The molecular weight excluding hydrogens is 348 g/mol. The number of halogens is 1. The van der Waals surface area contributed by atoms with Gasteiger partial charge in [0.05, 0.1) is 23.0 Å². The Hall–Kier alpha value is 0.427. The van der Waals surface area contributed by atoms with Crippen molar-refractivity contribution in [3.63, 3.8) is 0 Å². The van der Waals surface area contributed by atoms with Gasteiger partial charge in [0.1, 0.15) is 0 Å². The van der Waals surface area contributed by atoms with E-state index in [-0.39, 0.29) is 10.8 Å². The van der Waals surface area contributed by atoms with Gasteiger partial charge in [-0.3, -0.25) is 0 Å². The van der Waals surface area contributed by atoms with Crippen LogP contribution in [-0.2, 0) is 9.47 Å². The summed E-state index contributed by atoms with van der Waals surface area (Å²) in [6.07, 6.45) is 21.3. The van der Waals surface area contributed by atoms with E-state index in [0.717, 1.165) is 29.0 Å². The molecule has 0 N–H and O–H groups in total. The minimum atomic E-state index is -0.0498. The van der Waals surface area contributed by atoms with Crippen molar-refractivity contribution in [1.29, 1.82) is 0 Å². The van der Waals surface area contributed by atoms with Crippen LogP contribution in [0.25, 0.3) is 0 Å². The molecule has 0 bridgehead atoms. The minimum Gasteiger partial charge on any atom is -0.373 e. The molecule has 0 aliphatic heterocycles. The monoisotopic (exact) mass is 386 g/mol. The largest absolute Gasteiger partial charge is 0.373 e. The maximum absolute atomic E-state index is 7.03. The summed E-state index contributed by atoms with van der Waals surface area (Å²) in [5.41, 5.74) is -0.0498. The lowest BCUT2D eigenvalue weighted by molar-refractivity contribution is -0.233. The first-order chi connectivity index (χ1) is 12.2. The highest BCUT2D eigenvalue weighted by atomic mass is 35.5. The Morgan fingerprint density at radius 2 is 1.32 bits per heavy atom. The predicted octanol–water partition coefficient (Wildman–Crippen LogP) is 5.08. The van der Waals surface area contributed by atoms with Crippen LogP contribution in [0.3, 0.4) is 0 Å². The van der Waals surface area contributed by atoms with E-state index in [4.69, 9.17) is 21.1 Å². The van der Waals surface area contributed by atoms with Crippen molar-refractivity contribution >= 4 is 21.8 Å². The molecule has 0 radical (unpaired) electrons. The van der Waals surface area contributed by atoms with Gasteiger partial charge in [-0.15, -0.1) is 11.6 Å². The molecule has 0 heterocycles. The van der Waals surface area contributed by atoms with Crippen LogP contribution in [0.15, 0.2) is 0 Å². The highest BCUT2D eigenvalue weighted by Gasteiger charge is 2.53. The molecule has 0 aromatic heterocycles. The van der Waals surface area contributed by atoms with Crippen molar-refractivity contribution in [2.24, 2.45) is 0 Å². The second-order valence-corrected chi connectivity index (χ2v) is 11.0. The third-order valence-electron chi connectivity index (χ3n) is 7.09. The summed E-state index contributed by atoms with van der Waals surface area (Å²) in [4.78, 5) is 0. The molecule has 146 valence electrons. The van der Waals surface area contributed by atoms with Crippen molar-refractivity contribution in [3.8, 4) is 0 Å². The van der Waals surface area contributed by atoms with Gasteiger partial charge >= 0.3 is 0 Å². The Kier molecular flexibility index (Phi) is 7.72. The van der Waals surface area contributed by atoms with E-state index >= 15 is 0 Å². The third-order valence-corrected chi connectivity index (χ3v) is 9.00. The van der Waals surface area contributed by atoms with Gasteiger partial charge in [-0.25, -0.2) is 0 Å². The van der Waals surface area contributed by atoms with Crippen molar-refractivity contribution in [1.82, 2.24) is 0 Å². The zero-order chi connectivity index (χ0) is 17.6. The molecule has 3 aliphatic rings. The number of hydrogen-bond acceptors (Lipinski definition) is 2. The third kappa shape index (κ3) is 5.03. The second kappa shape index (κ2) is 9.57. The van der Waals surface area contributed by atoms with Crippen LogP contribution in [0.4, 0.5) is 0 Å². The van der Waals surface area contributed by atoms with E-state index in [1.54, 1.807) is 0 Å². The first-order valence-corrected chi connectivity index (χ1v) is 12.6. The molecule has 25 heavy (non-hydrogen) atoms. The van der Waals surface area contributed by atoms with Gasteiger partial charge in [-0.05, 0) is 51.4 Å². The lowest BCUT2D eigenvalue weighted by Crippen LogP contribution is -2.62. The molecule has 4 heteroatoms. The highest BCUT2D eigenvalue weighted by molar-refractivity contribution is 6.18. The molecule has 0 amide bonds. The minimum absolute atomic E-state index is 0.0107. The highest BCUT2D eigenvalue weighted by Crippen LogP contribution is 2.47. The summed E-state index contributed by atoms with van der Waals surface area (Å²) in [5.74, 6) is 0.747. The normalized spacial score (nSPS) is 35.9. The fourth-order valence-electron chi connectivity index (χ4n) is 5.57. The standard InChI is InChI=1S/C21H39ClO2Si/c22-17-9-15-20(23-18-10-3-1-4-11-18)14-7-8-16-21(20,25)24-19-12-5-2-6-13-19/h18-19H,1-17H2,25H3. The average molecular weight is 387 g/mol. The van der Waals surface area contributed by atoms with Crippen molar-refractivity contribution in [2.45, 2.75) is 126 Å². The van der Waals surface area contributed by atoms with E-state index < -0.39 is 0 Å². The summed E-state index contributed by atoms with van der Waals surface area (Å²) in [5, 5.41) is 0.0107. The quantitative estimate of drug-likeness (QED) is 0.448. The number of alkyl halides is 1. The van der Waals surface area contributed by atoms with Crippen LogP contribution >= 0.6 is 11.6 Å². The fraction of sp³-hybridized carbons (Fsp3) is 1.00. The summed E-state index contributed by atoms with van der Waals surface area (Å²) < 4.78 is 14.0. The Morgan fingerprint density at radius 1 is 0.760 bits per heavy atom. The van der Waals surface area contributed by atoms with Crippen LogP contribution in [0.1, 0.15) is 103 Å². The van der Waals surface area contributed by atoms with Gasteiger partial charge < -0.3 is 9.47 Å². The Labute approximate surface area is 163 Å². The Balaban J connectivity index is 1.76. The molecule has 2 nitrogen and oxygen atoms in total. The number of ether oxygens (including phenoxy) is 2. The molecule has 0 aromatic rings. The van der Waals surface area contributed by atoms with Crippen molar-refractivity contribution in [3.05, 3.63) is 0 Å². The molecule has 0 spiro atoms.